The largest absolute Gasteiger partial charge is 0.478 e. The summed E-state index contributed by atoms with van der Waals surface area (Å²) in [5.74, 6) is -1.05. The summed E-state index contributed by atoms with van der Waals surface area (Å²) in [7, 11) is 0. The van der Waals surface area contributed by atoms with Crippen LogP contribution >= 0.6 is 0 Å². The standard InChI is InChI=1S/C19H12N4O5/c24-18(25)14-7-1-2-9-16(14)28-19-21-15-8-4-10-20-17(15)22(19)12-5-3-6-13(11-12)23(26)27/h1-11H,(H,24,25). The summed E-state index contributed by atoms with van der Waals surface area (Å²) in [5.41, 5.74) is 1.20. The molecule has 0 aliphatic rings. The van der Waals surface area contributed by atoms with Crippen LogP contribution in [0.4, 0.5) is 5.69 Å². The quantitative estimate of drug-likeness (QED) is 0.415. The molecule has 0 aliphatic heterocycles. The number of pyridine rings is 1. The van der Waals surface area contributed by atoms with Gasteiger partial charge < -0.3 is 9.84 Å². The number of hydrogen-bond acceptors (Lipinski definition) is 6. The lowest BCUT2D eigenvalue weighted by molar-refractivity contribution is -0.384. The number of carboxylic acid groups (broad SMARTS) is 1. The number of imidazole rings is 1. The number of benzene rings is 2. The van der Waals surface area contributed by atoms with Crippen LogP contribution in [0.15, 0.2) is 66.9 Å². The van der Waals surface area contributed by atoms with Gasteiger partial charge in [0.1, 0.15) is 16.8 Å². The normalized spacial score (nSPS) is 10.7. The first-order valence-corrected chi connectivity index (χ1v) is 8.13. The monoisotopic (exact) mass is 376 g/mol. The van der Waals surface area contributed by atoms with E-state index in [0.29, 0.717) is 16.9 Å². The molecule has 0 amide bonds. The molecular formula is C19H12N4O5. The highest BCUT2D eigenvalue weighted by Crippen LogP contribution is 2.31. The fourth-order valence-corrected chi connectivity index (χ4v) is 2.77. The maximum absolute atomic E-state index is 11.5. The second-order valence-electron chi connectivity index (χ2n) is 5.76. The van der Waals surface area contributed by atoms with Crippen LogP contribution in [0.5, 0.6) is 11.8 Å². The molecule has 0 spiro atoms. The third-order valence-corrected chi connectivity index (χ3v) is 4.00. The van der Waals surface area contributed by atoms with Crippen molar-refractivity contribution in [1.82, 2.24) is 14.5 Å². The van der Waals surface area contributed by atoms with Crippen LogP contribution in [0.2, 0.25) is 0 Å². The minimum atomic E-state index is -1.15. The number of nitro benzene ring substituents is 1. The van der Waals surface area contributed by atoms with Gasteiger partial charge in [0.2, 0.25) is 0 Å². The van der Waals surface area contributed by atoms with Gasteiger partial charge in [-0.25, -0.2) is 14.3 Å². The highest BCUT2D eigenvalue weighted by molar-refractivity contribution is 5.91. The Morgan fingerprint density at radius 3 is 2.71 bits per heavy atom. The second kappa shape index (κ2) is 6.80. The highest BCUT2D eigenvalue weighted by atomic mass is 16.6. The van der Waals surface area contributed by atoms with Crippen LogP contribution in [0.25, 0.3) is 16.9 Å². The molecule has 0 fully saturated rings. The van der Waals surface area contributed by atoms with Crippen LogP contribution in [-0.2, 0) is 0 Å². The first kappa shape index (κ1) is 17.2. The molecule has 2 heterocycles. The summed E-state index contributed by atoms with van der Waals surface area (Å²) in [6.45, 7) is 0. The molecule has 28 heavy (non-hydrogen) atoms. The number of fused-ring (bicyclic) bond motifs is 1. The molecule has 0 atom stereocenters. The van der Waals surface area contributed by atoms with Gasteiger partial charge in [-0.1, -0.05) is 18.2 Å². The summed E-state index contributed by atoms with van der Waals surface area (Å²) in [6, 6.07) is 15.5. The Labute approximate surface area is 157 Å². The third kappa shape index (κ3) is 3.01. The predicted molar refractivity (Wildman–Crippen MR) is 99.0 cm³/mol. The van der Waals surface area contributed by atoms with Crippen molar-refractivity contribution in [1.29, 1.82) is 0 Å². The number of carboxylic acids is 1. The number of rotatable bonds is 5. The number of carbonyl (C=O) groups is 1. The lowest BCUT2D eigenvalue weighted by Gasteiger charge is -2.11. The van der Waals surface area contributed by atoms with Gasteiger partial charge in [0.15, 0.2) is 5.65 Å². The Balaban J connectivity index is 1.91. The minimum absolute atomic E-state index is 0.0342. The molecule has 0 saturated heterocycles. The summed E-state index contributed by atoms with van der Waals surface area (Å²) >= 11 is 0. The van der Waals surface area contributed by atoms with Crippen molar-refractivity contribution < 1.29 is 19.6 Å². The van der Waals surface area contributed by atoms with Gasteiger partial charge in [-0.2, -0.15) is 4.98 Å². The van der Waals surface area contributed by atoms with E-state index >= 15 is 0 Å². The number of aromatic nitrogens is 3. The van der Waals surface area contributed by atoms with Crippen molar-refractivity contribution in [3.8, 4) is 17.4 Å². The molecule has 0 aliphatic carbocycles. The molecule has 138 valence electrons. The Kier molecular flexibility index (Phi) is 4.17. The number of aromatic carboxylic acids is 1. The number of para-hydroxylation sites is 1. The first-order chi connectivity index (χ1) is 13.5. The topological polar surface area (TPSA) is 120 Å². The van der Waals surface area contributed by atoms with Gasteiger partial charge in [0.25, 0.3) is 5.69 Å². The van der Waals surface area contributed by atoms with Crippen LogP contribution in [0, 0.1) is 10.1 Å². The molecule has 0 unspecified atom stereocenters. The van der Waals surface area contributed by atoms with Crippen LogP contribution < -0.4 is 4.74 Å². The van der Waals surface area contributed by atoms with E-state index in [-0.39, 0.29) is 23.0 Å². The smallest absolute Gasteiger partial charge is 0.339 e. The zero-order chi connectivity index (χ0) is 19.7. The fourth-order valence-electron chi connectivity index (χ4n) is 2.77. The Morgan fingerprint density at radius 1 is 1.11 bits per heavy atom. The Bertz CT molecular complexity index is 1220. The van der Waals surface area contributed by atoms with E-state index in [1.165, 1.54) is 34.9 Å². The van der Waals surface area contributed by atoms with Crippen LogP contribution in [0.3, 0.4) is 0 Å². The highest BCUT2D eigenvalue weighted by Gasteiger charge is 2.19. The molecule has 9 nitrogen and oxygen atoms in total. The number of nitrogens with zero attached hydrogens (tertiary/aromatic N) is 4. The Hall–Kier alpha value is -4.27. The number of nitro groups is 1. The van der Waals surface area contributed by atoms with Crippen molar-refractivity contribution in [2.75, 3.05) is 0 Å². The molecule has 0 radical (unpaired) electrons. The summed E-state index contributed by atoms with van der Waals surface area (Å²) in [6.07, 6.45) is 1.56. The molecule has 4 rings (SSSR count). The average Bonchev–Trinajstić information content (AvgIpc) is 3.06. The van der Waals surface area contributed by atoms with Gasteiger partial charge in [0, 0.05) is 18.3 Å². The number of ether oxygens (including phenoxy) is 1. The average molecular weight is 376 g/mol. The minimum Gasteiger partial charge on any atom is -0.478 e. The maximum atomic E-state index is 11.5. The molecule has 9 heteroatoms. The summed E-state index contributed by atoms with van der Waals surface area (Å²) < 4.78 is 7.30. The van der Waals surface area contributed by atoms with Crippen molar-refractivity contribution in [3.63, 3.8) is 0 Å². The van der Waals surface area contributed by atoms with Gasteiger partial charge >= 0.3 is 12.0 Å². The summed E-state index contributed by atoms with van der Waals surface area (Å²) in [5, 5.41) is 20.5. The number of non-ortho nitro benzene ring substituents is 1. The van der Waals surface area contributed by atoms with E-state index in [1.54, 1.807) is 36.5 Å². The molecular weight excluding hydrogens is 364 g/mol. The van der Waals surface area contributed by atoms with Crippen molar-refractivity contribution >= 4 is 22.8 Å². The van der Waals surface area contributed by atoms with E-state index in [1.807, 2.05) is 0 Å². The molecule has 0 saturated carbocycles. The number of hydrogen-bond donors (Lipinski definition) is 1. The maximum Gasteiger partial charge on any atom is 0.339 e. The van der Waals surface area contributed by atoms with Crippen molar-refractivity contribution in [3.05, 3.63) is 82.5 Å². The Morgan fingerprint density at radius 2 is 1.93 bits per heavy atom. The lowest BCUT2D eigenvalue weighted by atomic mass is 10.2. The molecule has 4 aromatic rings. The second-order valence-corrected chi connectivity index (χ2v) is 5.76. The van der Waals surface area contributed by atoms with Crippen molar-refractivity contribution in [2.24, 2.45) is 0 Å². The van der Waals surface area contributed by atoms with E-state index in [9.17, 15) is 20.0 Å². The third-order valence-electron chi connectivity index (χ3n) is 4.00. The molecule has 2 aromatic heterocycles. The fraction of sp³-hybridized carbons (Fsp3) is 0. The summed E-state index contributed by atoms with van der Waals surface area (Å²) in [4.78, 5) is 30.8. The van der Waals surface area contributed by atoms with E-state index in [4.69, 9.17) is 4.74 Å². The zero-order valence-electron chi connectivity index (χ0n) is 14.2. The first-order valence-electron chi connectivity index (χ1n) is 8.13. The molecule has 0 bridgehead atoms. The van der Waals surface area contributed by atoms with E-state index < -0.39 is 10.9 Å². The molecule has 1 N–H and O–H groups in total. The van der Waals surface area contributed by atoms with Gasteiger partial charge in [-0.05, 0) is 30.3 Å². The predicted octanol–water partition coefficient (Wildman–Crippen LogP) is 3.82. The molecule has 2 aromatic carbocycles. The van der Waals surface area contributed by atoms with E-state index in [0.717, 1.165) is 0 Å². The van der Waals surface area contributed by atoms with Gasteiger partial charge in [0.05, 0.1) is 10.6 Å². The van der Waals surface area contributed by atoms with Crippen LogP contribution in [0.1, 0.15) is 10.4 Å². The van der Waals surface area contributed by atoms with Gasteiger partial charge in [-0.3, -0.25) is 10.1 Å². The van der Waals surface area contributed by atoms with Gasteiger partial charge in [-0.15, -0.1) is 0 Å². The lowest BCUT2D eigenvalue weighted by Crippen LogP contribution is -2.03. The van der Waals surface area contributed by atoms with Crippen LogP contribution in [-0.4, -0.2) is 30.5 Å². The SMILES string of the molecule is O=C(O)c1ccccc1Oc1nc2cccnc2n1-c1cccc([N+](=O)[O-])c1. The van der Waals surface area contributed by atoms with E-state index in [2.05, 4.69) is 9.97 Å². The zero-order valence-corrected chi connectivity index (χ0v) is 14.2. The van der Waals surface area contributed by atoms with Crippen molar-refractivity contribution in [2.45, 2.75) is 0 Å².